The SMILES string of the molecule is Cc1c(F)ccc(C(F)(F)F)c1-c1cccc2c1OCCC2. The second kappa shape index (κ2) is 5.30. The summed E-state index contributed by atoms with van der Waals surface area (Å²) in [5, 5.41) is 0. The van der Waals surface area contributed by atoms with E-state index in [0.29, 0.717) is 17.9 Å². The fourth-order valence-corrected chi connectivity index (χ4v) is 2.86. The molecule has 0 amide bonds. The van der Waals surface area contributed by atoms with Crippen LogP contribution in [0.3, 0.4) is 0 Å². The number of ether oxygens (including phenoxy) is 1. The lowest BCUT2D eigenvalue weighted by Gasteiger charge is -2.23. The first kappa shape index (κ1) is 14.9. The van der Waals surface area contributed by atoms with Crippen LogP contribution in [0.15, 0.2) is 30.3 Å². The van der Waals surface area contributed by atoms with E-state index < -0.39 is 17.6 Å². The van der Waals surface area contributed by atoms with Gasteiger partial charge in [-0.2, -0.15) is 13.2 Å². The van der Waals surface area contributed by atoms with Gasteiger partial charge in [-0.15, -0.1) is 0 Å². The van der Waals surface area contributed by atoms with Crippen molar-refractivity contribution in [1.29, 1.82) is 0 Å². The Labute approximate surface area is 125 Å². The normalized spacial score (nSPS) is 14.4. The zero-order chi connectivity index (χ0) is 15.9. The average molecular weight is 310 g/mol. The number of benzene rings is 2. The van der Waals surface area contributed by atoms with Gasteiger partial charge in [-0.3, -0.25) is 0 Å². The molecule has 0 aromatic heterocycles. The maximum absolute atomic E-state index is 13.9. The molecule has 3 rings (SSSR count). The predicted molar refractivity (Wildman–Crippen MR) is 75.4 cm³/mol. The molecular formula is C17H14F4O. The molecule has 1 aliphatic rings. The monoisotopic (exact) mass is 310 g/mol. The van der Waals surface area contributed by atoms with Crippen molar-refractivity contribution in [1.82, 2.24) is 0 Å². The maximum Gasteiger partial charge on any atom is 0.417 e. The first-order valence-electron chi connectivity index (χ1n) is 7.01. The lowest BCUT2D eigenvalue weighted by atomic mass is 9.91. The zero-order valence-corrected chi connectivity index (χ0v) is 11.9. The van der Waals surface area contributed by atoms with Crippen LogP contribution in [0.1, 0.15) is 23.1 Å². The number of fused-ring (bicyclic) bond motifs is 1. The highest BCUT2D eigenvalue weighted by atomic mass is 19.4. The summed E-state index contributed by atoms with van der Waals surface area (Å²) >= 11 is 0. The molecule has 0 radical (unpaired) electrons. The minimum atomic E-state index is -4.55. The largest absolute Gasteiger partial charge is 0.493 e. The van der Waals surface area contributed by atoms with Crippen LogP contribution < -0.4 is 4.74 Å². The summed E-state index contributed by atoms with van der Waals surface area (Å²) < 4.78 is 59.4. The van der Waals surface area contributed by atoms with Gasteiger partial charge in [0.25, 0.3) is 0 Å². The van der Waals surface area contributed by atoms with Crippen LogP contribution in [0, 0.1) is 12.7 Å². The van der Waals surface area contributed by atoms with Gasteiger partial charge in [-0.1, -0.05) is 18.2 Å². The van der Waals surface area contributed by atoms with Gasteiger partial charge >= 0.3 is 6.18 Å². The highest BCUT2D eigenvalue weighted by Gasteiger charge is 2.36. The number of hydrogen-bond acceptors (Lipinski definition) is 1. The fraction of sp³-hybridized carbons (Fsp3) is 0.294. The summed E-state index contributed by atoms with van der Waals surface area (Å²) in [4.78, 5) is 0. The smallest absolute Gasteiger partial charge is 0.417 e. The molecule has 0 saturated heterocycles. The molecule has 0 fully saturated rings. The van der Waals surface area contributed by atoms with Gasteiger partial charge in [0.1, 0.15) is 11.6 Å². The molecule has 0 saturated carbocycles. The second-order valence-electron chi connectivity index (χ2n) is 5.34. The van der Waals surface area contributed by atoms with Crippen LogP contribution in [-0.2, 0) is 12.6 Å². The van der Waals surface area contributed by atoms with Crippen LogP contribution in [0.4, 0.5) is 17.6 Å². The molecule has 1 heterocycles. The Bertz CT molecular complexity index is 719. The first-order chi connectivity index (χ1) is 10.4. The van der Waals surface area contributed by atoms with E-state index in [-0.39, 0.29) is 11.1 Å². The van der Waals surface area contributed by atoms with E-state index >= 15 is 0 Å². The summed E-state index contributed by atoms with van der Waals surface area (Å²) in [5.41, 5.74) is 0.180. The molecule has 0 atom stereocenters. The number of rotatable bonds is 1. The summed E-state index contributed by atoms with van der Waals surface area (Å²) in [6.07, 6.45) is -2.98. The Kier molecular flexibility index (Phi) is 3.59. The molecule has 1 aliphatic heterocycles. The Morgan fingerprint density at radius 1 is 1.09 bits per heavy atom. The van der Waals surface area contributed by atoms with E-state index in [9.17, 15) is 17.6 Å². The number of alkyl halides is 3. The predicted octanol–water partition coefficient (Wildman–Crippen LogP) is 5.14. The van der Waals surface area contributed by atoms with Crippen molar-refractivity contribution in [3.63, 3.8) is 0 Å². The molecule has 0 spiro atoms. The summed E-state index contributed by atoms with van der Waals surface area (Å²) in [6.45, 7) is 1.82. The van der Waals surface area contributed by atoms with Crippen LogP contribution in [0.5, 0.6) is 5.75 Å². The highest BCUT2D eigenvalue weighted by molar-refractivity contribution is 5.78. The van der Waals surface area contributed by atoms with Crippen molar-refractivity contribution in [2.45, 2.75) is 25.9 Å². The molecule has 0 N–H and O–H groups in total. The van der Waals surface area contributed by atoms with E-state index in [0.717, 1.165) is 30.5 Å². The Hall–Kier alpha value is -2.04. The van der Waals surface area contributed by atoms with Gasteiger partial charge in [-0.05, 0) is 43.0 Å². The van der Waals surface area contributed by atoms with Gasteiger partial charge in [0.2, 0.25) is 0 Å². The number of halogens is 4. The Morgan fingerprint density at radius 2 is 1.86 bits per heavy atom. The number of hydrogen-bond donors (Lipinski definition) is 0. The van der Waals surface area contributed by atoms with Crippen molar-refractivity contribution in [2.24, 2.45) is 0 Å². The van der Waals surface area contributed by atoms with E-state index in [1.165, 1.54) is 6.92 Å². The van der Waals surface area contributed by atoms with Gasteiger partial charge < -0.3 is 4.74 Å². The molecule has 22 heavy (non-hydrogen) atoms. The summed E-state index contributed by atoms with van der Waals surface area (Å²) in [6, 6.07) is 6.73. The minimum absolute atomic E-state index is 0.0163. The van der Waals surface area contributed by atoms with Crippen LogP contribution in [0.2, 0.25) is 0 Å². The number of aryl methyl sites for hydroxylation is 1. The standard InChI is InChI=1S/C17H14F4O/c1-10-14(18)8-7-13(17(19,20)21)15(10)12-6-2-4-11-5-3-9-22-16(11)12/h2,4,6-8H,3,5,9H2,1H3. The van der Waals surface area contributed by atoms with E-state index in [4.69, 9.17) is 4.74 Å². The van der Waals surface area contributed by atoms with E-state index in [1.807, 2.05) is 6.07 Å². The van der Waals surface area contributed by atoms with E-state index in [1.54, 1.807) is 12.1 Å². The van der Waals surface area contributed by atoms with Crippen molar-refractivity contribution in [3.8, 4) is 16.9 Å². The van der Waals surface area contributed by atoms with E-state index in [2.05, 4.69) is 0 Å². The molecular weight excluding hydrogens is 296 g/mol. The summed E-state index contributed by atoms with van der Waals surface area (Å²) in [7, 11) is 0. The van der Waals surface area contributed by atoms with Crippen molar-refractivity contribution in [3.05, 3.63) is 52.8 Å². The van der Waals surface area contributed by atoms with Crippen molar-refractivity contribution < 1.29 is 22.3 Å². The first-order valence-corrected chi connectivity index (χ1v) is 7.01. The molecule has 1 nitrogen and oxygen atoms in total. The minimum Gasteiger partial charge on any atom is -0.493 e. The van der Waals surface area contributed by atoms with Crippen molar-refractivity contribution >= 4 is 0 Å². The molecule has 0 unspecified atom stereocenters. The number of para-hydroxylation sites is 1. The van der Waals surface area contributed by atoms with Crippen LogP contribution in [0.25, 0.3) is 11.1 Å². The molecule has 0 bridgehead atoms. The molecule has 2 aromatic carbocycles. The lowest BCUT2D eigenvalue weighted by molar-refractivity contribution is -0.137. The van der Waals surface area contributed by atoms with Crippen LogP contribution >= 0.6 is 0 Å². The third-order valence-electron chi connectivity index (χ3n) is 3.91. The van der Waals surface area contributed by atoms with Gasteiger partial charge in [-0.25, -0.2) is 4.39 Å². The van der Waals surface area contributed by atoms with Crippen LogP contribution in [-0.4, -0.2) is 6.61 Å². The third-order valence-corrected chi connectivity index (χ3v) is 3.91. The average Bonchev–Trinajstić information content (AvgIpc) is 2.48. The topological polar surface area (TPSA) is 9.23 Å². The molecule has 0 aliphatic carbocycles. The third kappa shape index (κ3) is 2.45. The zero-order valence-electron chi connectivity index (χ0n) is 11.9. The maximum atomic E-state index is 13.9. The van der Waals surface area contributed by atoms with Crippen molar-refractivity contribution in [2.75, 3.05) is 6.61 Å². The van der Waals surface area contributed by atoms with Gasteiger partial charge in [0.05, 0.1) is 12.2 Å². The summed E-state index contributed by atoms with van der Waals surface area (Å²) in [5.74, 6) is -0.218. The Morgan fingerprint density at radius 3 is 2.59 bits per heavy atom. The van der Waals surface area contributed by atoms with Gasteiger partial charge in [0, 0.05) is 11.1 Å². The quantitative estimate of drug-likeness (QED) is 0.662. The fourth-order valence-electron chi connectivity index (χ4n) is 2.86. The van der Waals surface area contributed by atoms with Gasteiger partial charge in [0.15, 0.2) is 0 Å². The molecule has 2 aromatic rings. The lowest BCUT2D eigenvalue weighted by Crippen LogP contribution is -2.12. The second-order valence-corrected chi connectivity index (χ2v) is 5.34. The highest BCUT2D eigenvalue weighted by Crippen LogP contribution is 2.44. The molecule has 116 valence electrons. The Balaban J connectivity index is 2.31. The molecule has 5 heteroatoms.